The molecule has 1 aromatic heterocycles. The summed E-state index contributed by atoms with van der Waals surface area (Å²) in [5.41, 5.74) is 0.374. The molecule has 0 saturated carbocycles. The standard InChI is InChI=1S/C11H21N3O2S/c1-11(16,9-17-2)8-12-5-10-6-13-14(7-10)3-4-15/h6-7,12,15-16H,3-5,8-9H2,1-2H3. The average molecular weight is 259 g/mol. The van der Waals surface area contributed by atoms with Crippen molar-refractivity contribution in [1.29, 1.82) is 0 Å². The summed E-state index contributed by atoms with van der Waals surface area (Å²) in [6, 6.07) is 0. The maximum absolute atomic E-state index is 9.94. The fourth-order valence-electron chi connectivity index (χ4n) is 1.56. The fourth-order valence-corrected chi connectivity index (χ4v) is 2.28. The summed E-state index contributed by atoms with van der Waals surface area (Å²) in [5.74, 6) is 0.712. The molecule has 0 aliphatic heterocycles. The highest BCUT2D eigenvalue weighted by molar-refractivity contribution is 7.98. The molecule has 5 nitrogen and oxygen atoms in total. The number of aliphatic hydroxyl groups is 2. The second kappa shape index (κ2) is 7.00. The number of nitrogens with zero attached hydrogens (tertiary/aromatic N) is 2. The van der Waals surface area contributed by atoms with Crippen LogP contribution >= 0.6 is 11.8 Å². The summed E-state index contributed by atoms with van der Waals surface area (Å²) in [4.78, 5) is 0. The van der Waals surface area contributed by atoms with Crippen LogP contribution in [-0.4, -0.2) is 50.8 Å². The van der Waals surface area contributed by atoms with Gasteiger partial charge in [0.15, 0.2) is 0 Å². The summed E-state index contributed by atoms with van der Waals surface area (Å²) in [6.07, 6.45) is 5.64. The Morgan fingerprint density at radius 1 is 1.59 bits per heavy atom. The number of thioether (sulfide) groups is 1. The maximum atomic E-state index is 9.94. The number of hydrogen-bond donors (Lipinski definition) is 3. The lowest BCUT2D eigenvalue weighted by Crippen LogP contribution is -2.39. The van der Waals surface area contributed by atoms with Crippen LogP contribution in [0.3, 0.4) is 0 Å². The lowest BCUT2D eigenvalue weighted by Gasteiger charge is -2.22. The van der Waals surface area contributed by atoms with Crippen LogP contribution in [0.4, 0.5) is 0 Å². The molecule has 1 aromatic rings. The first kappa shape index (κ1) is 14.5. The van der Waals surface area contributed by atoms with Gasteiger partial charge in [0.25, 0.3) is 0 Å². The van der Waals surface area contributed by atoms with E-state index in [2.05, 4.69) is 10.4 Å². The van der Waals surface area contributed by atoms with E-state index in [1.54, 1.807) is 22.6 Å². The average Bonchev–Trinajstić information content (AvgIpc) is 2.66. The molecule has 0 aliphatic rings. The Morgan fingerprint density at radius 3 is 3.00 bits per heavy atom. The molecule has 0 saturated heterocycles. The normalized spacial score (nSPS) is 14.8. The van der Waals surface area contributed by atoms with E-state index in [0.29, 0.717) is 25.4 Å². The lowest BCUT2D eigenvalue weighted by atomic mass is 10.1. The first-order chi connectivity index (χ1) is 8.07. The lowest BCUT2D eigenvalue weighted by molar-refractivity contribution is 0.0846. The molecule has 0 aromatic carbocycles. The van der Waals surface area contributed by atoms with Crippen LogP contribution in [0.15, 0.2) is 12.4 Å². The third-order valence-electron chi connectivity index (χ3n) is 2.31. The monoisotopic (exact) mass is 259 g/mol. The Bertz CT molecular complexity index is 328. The minimum Gasteiger partial charge on any atom is -0.394 e. The predicted molar refractivity (Wildman–Crippen MR) is 70.0 cm³/mol. The van der Waals surface area contributed by atoms with Crippen molar-refractivity contribution in [3.05, 3.63) is 18.0 Å². The number of hydrogen-bond acceptors (Lipinski definition) is 5. The van der Waals surface area contributed by atoms with Gasteiger partial charge in [-0.1, -0.05) is 0 Å². The Balaban J connectivity index is 2.30. The molecule has 1 rings (SSSR count). The predicted octanol–water partition coefficient (Wildman–Crippen LogP) is 0.0790. The molecule has 17 heavy (non-hydrogen) atoms. The van der Waals surface area contributed by atoms with Gasteiger partial charge < -0.3 is 15.5 Å². The third-order valence-corrected chi connectivity index (χ3v) is 3.22. The Kier molecular flexibility index (Phi) is 5.97. The van der Waals surface area contributed by atoms with E-state index in [9.17, 15) is 5.11 Å². The zero-order valence-corrected chi connectivity index (χ0v) is 11.2. The van der Waals surface area contributed by atoms with E-state index >= 15 is 0 Å². The van der Waals surface area contributed by atoms with Crippen molar-refractivity contribution in [2.75, 3.05) is 25.2 Å². The van der Waals surface area contributed by atoms with Gasteiger partial charge in [0, 0.05) is 30.6 Å². The molecule has 0 bridgehead atoms. The van der Waals surface area contributed by atoms with E-state index in [1.807, 2.05) is 19.4 Å². The molecule has 3 N–H and O–H groups in total. The van der Waals surface area contributed by atoms with Crippen LogP contribution in [0.25, 0.3) is 0 Å². The van der Waals surface area contributed by atoms with E-state index < -0.39 is 5.60 Å². The molecule has 0 aliphatic carbocycles. The van der Waals surface area contributed by atoms with Crippen molar-refractivity contribution in [3.63, 3.8) is 0 Å². The quantitative estimate of drug-likeness (QED) is 0.617. The Hall–Kier alpha value is -0.560. The summed E-state index contributed by atoms with van der Waals surface area (Å²) < 4.78 is 1.71. The first-order valence-electron chi connectivity index (χ1n) is 5.61. The first-order valence-corrected chi connectivity index (χ1v) is 7.01. The van der Waals surface area contributed by atoms with Crippen molar-refractivity contribution < 1.29 is 10.2 Å². The maximum Gasteiger partial charge on any atom is 0.0833 e. The van der Waals surface area contributed by atoms with Crippen LogP contribution in [0, 0.1) is 0 Å². The molecular weight excluding hydrogens is 238 g/mol. The number of aromatic nitrogens is 2. The van der Waals surface area contributed by atoms with Crippen LogP contribution in [0.1, 0.15) is 12.5 Å². The van der Waals surface area contributed by atoms with E-state index in [4.69, 9.17) is 5.11 Å². The van der Waals surface area contributed by atoms with Crippen molar-refractivity contribution in [3.8, 4) is 0 Å². The second-order valence-corrected chi connectivity index (χ2v) is 5.23. The highest BCUT2D eigenvalue weighted by Gasteiger charge is 2.18. The van der Waals surface area contributed by atoms with Gasteiger partial charge >= 0.3 is 0 Å². The Labute approximate surface area is 106 Å². The van der Waals surface area contributed by atoms with Gasteiger partial charge in [-0.3, -0.25) is 4.68 Å². The summed E-state index contributed by atoms with van der Waals surface area (Å²) in [6.45, 7) is 3.67. The molecule has 1 atom stereocenters. The van der Waals surface area contributed by atoms with Gasteiger partial charge in [-0.15, -0.1) is 0 Å². The Morgan fingerprint density at radius 2 is 2.35 bits per heavy atom. The van der Waals surface area contributed by atoms with Crippen molar-refractivity contribution in [1.82, 2.24) is 15.1 Å². The van der Waals surface area contributed by atoms with Crippen LogP contribution < -0.4 is 5.32 Å². The van der Waals surface area contributed by atoms with Gasteiger partial charge in [0.2, 0.25) is 0 Å². The number of nitrogens with one attached hydrogen (secondary N) is 1. The summed E-state index contributed by atoms with van der Waals surface area (Å²) in [7, 11) is 0. The van der Waals surface area contributed by atoms with E-state index in [-0.39, 0.29) is 6.61 Å². The molecule has 98 valence electrons. The fraction of sp³-hybridized carbons (Fsp3) is 0.727. The summed E-state index contributed by atoms with van der Waals surface area (Å²) >= 11 is 1.63. The van der Waals surface area contributed by atoms with Crippen molar-refractivity contribution >= 4 is 11.8 Å². The van der Waals surface area contributed by atoms with Crippen LogP contribution in [-0.2, 0) is 13.1 Å². The third kappa shape index (κ3) is 5.54. The molecular formula is C11H21N3O2S. The largest absolute Gasteiger partial charge is 0.394 e. The second-order valence-electron chi connectivity index (χ2n) is 4.37. The van der Waals surface area contributed by atoms with E-state index in [1.165, 1.54) is 0 Å². The van der Waals surface area contributed by atoms with Crippen molar-refractivity contribution in [2.45, 2.75) is 25.6 Å². The molecule has 1 heterocycles. The SMILES string of the molecule is CSCC(C)(O)CNCc1cnn(CCO)c1. The molecule has 0 radical (unpaired) electrons. The van der Waals surface area contributed by atoms with Gasteiger partial charge in [0.05, 0.1) is 24.9 Å². The molecule has 1 unspecified atom stereocenters. The highest BCUT2D eigenvalue weighted by Crippen LogP contribution is 2.09. The molecule has 0 spiro atoms. The van der Waals surface area contributed by atoms with Crippen LogP contribution in [0.5, 0.6) is 0 Å². The molecule has 6 heteroatoms. The number of aliphatic hydroxyl groups excluding tert-OH is 1. The number of rotatable bonds is 8. The zero-order chi connectivity index (χ0) is 12.7. The van der Waals surface area contributed by atoms with Gasteiger partial charge in [0.1, 0.15) is 0 Å². The minimum atomic E-state index is -0.680. The van der Waals surface area contributed by atoms with E-state index in [0.717, 1.165) is 5.56 Å². The zero-order valence-electron chi connectivity index (χ0n) is 10.4. The highest BCUT2D eigenvalue weighted by atomic mass is 32.2. The van der Waals surface area contributed by atoms with Crippen LogP contribution in [0.2, 0.25) is 0 Å². The van der Waals surface area contributed by atoms with Gasteiger partial charge in [-0.25, -0.2) is 0 Å². The molecule has 0 fully saturated rings. The smallest absolute Gasteiger partial charge is 0.0833 e. The minimum absolute atomic E-state index is 0.0942. The van der Waals surface area contributed by atoms with Gasteiger partial charge in [-0.2, -0.15) is 16.9 Å². The topological polar surface area (TPSA) is 70.3 Å². The van der Waals surface area contributed by atoms with Crippen molar-refractivity contribution in [2.24, 2.45) is 0 Å². The molecule has 0 amide bonds. The summed E-state index contributed by atoms with van der Waals surface area (Å²) in [5, 5.41) is 26.0. The van der Waals surface area contributed by atoms with Gasteiger partial charge in [-0.05, 0) is 13.2 Å².